The van der Waals surface area contributed by atoms with Gasteiger partial charge in [-0.15, -0.1) is 0 Å². The van der Waals surface area contributed by atoms with Crippen LogP contribution in [0.15, 0.2) is 36.7 Å². The minimum Gasteiger partial charge on any atom is -0.494 e. The molecule has 2 rings (SSSR count). The van der Waals surface area contributed by atoms with Gasteiger partial charge in [0.15, 0.2) is 0 Å². The first-order valence-electron chi connectivity index (χ1n) is 7.68. The highest BCUT2D eigenvalue weighted by Gasteiger charge is 1.98. The van der Waals surface area contributed by atoms with Crippen LogP contribution in [0.5, 0.6) is 5.75 Å². The van der Waals surface area contributed by atoms with E-state index in [1.807, 2.05) is 36.3 Å². The monoisotopic (exact) mass is 287 g/mol. The average Bonchev–Trinajstić information content (AvgIpc) is 2.91. The predicted octanol–water partition coefficient (Wildman–Crippen LogP) is 3.28. The van der Waals surface area contributed by atoms with Gasteiger partial charge in [0.05, 0.1) is 12.8 Å². The maximum atomic E-state index is 5.71. The van der Waals surface area contributed by atoms with E-state index < -0.39 is 0 Å². The van der Waals surface area contributed by atoms with Crippen molar-refractivity contribution in [3.63, 3.8) is 0 Å². The Morgan fingerprint density at radius 2 is 1.86 bits per heavy atom. The minimum atomic E-state index is 0.812. The molecule has 0 fully saturated rings. The van der Waals surface area contributed by atoms with Gasteiger partial charge in [-0.1, -0.05) is 31.9 Å². The lowest BCUT2D eigenvalue weighted by Crippen LogP contribution is -2.12. The first-order valence-corrected chi connectivity index (χ1v) is 7.68. The molecule has 0 radical (unpaired) electrons. The Morgan fingerprint density at radius 1 is 1.10 bits per heavy atom. The van der Waals surface area contributed by atoms with Gasteiger partial charge in [0.25, 0.3) is 0 Å². The van der Waals surface area contributed by atoms with Gasteiger partial charge < -0.3 is 10.1 Å². The second kappa shape index (κ2) is 8.47. The number of hydrogen-bond acceptors (Lipinski definition) is 3. The van der Waals surface area contributed by atoms with Crippen molar-refractivity contribution in [3.05, 3.63) is 47.8 Å². The Labute approximate surface area is 127 Å². The number of aryl methyl sites for hydroxylation is 1. The summed E-state index contributed by atoms with van der Waals surface area (Å²) >= 11 is 0. The molecule has 0 spiro atoms. The summed E-state index contributed by atoms with van der Waals surface area (Å²) in [5, 5.41) is 7.57. The predicted molar refractivity (Wildman–Crippen MR) is 85.2 cm³/mol. The molecule has 0 aliphatic carbocycles. The molecule has 0 saturated heterocycles. The van der Waals surface area contributed by atoms with Crippen LogP contribution in [0.3, 0.4) is 0 Å². The van der Waals surface area contributed by atoms with Gasteiger partial charge in [-0.3, -0.25) is 4.68 Å². The summed E-state index contributed by atoms with van der Waals surface area (Å²) in [4.78, 5) is 0. The molecule has 1 heterocycles. The van der Waals surface area contributed by atoms with Crippen molar-refractivity contribution in [1.29, 1.82) is 0 Å². The Kier molecular flexibility index (Phi) is 6.28. The molecule has 0 bridgehead atoms. The maximum Gasteiger partial charge on any atom is 0.119 e. The molecule has 4 heteroatoms. The smallest absolute Gasteiger partial charge is 0.119 e. The molecule has 0 amide bonds. The second-order valence-electron chi connectivity index (χ2n) is 5.33. The van der Waals surface area contributed by atoms with Crippen LogP contribution in [0, 0.1) is 0 Å². The fourth-order valence-electron chi connectivity index (χ4n) is 2.16. The Morgan fingerprint density at radius 3 is 2.52 bits per heavy atom. The van der Waals surface area contributed by atoms with E-state index in [4.69, 9.17) is 4.74 Å². The van der Waals surface area contributed by atoms with E-state index >= 15 is 0 Å². The third-order valence-corrected chi connectivity index (χ3v) is 3.36. The third-order valence-electron chi connectivity index (χ3n) is 3.36. The zero-order valence-corrected chi connectivity index (χ0v) is 13.0. The van der Waals surface area contributed by atoms with Crippen LogP contribution in [-0.2, 0) is 20.1 Å². The Bertz CT molecular complexity index is 519. The van der Waals surface area contributed by atoms with Gasteiger partial charge in [-0.25, -0.2) is 0 Å². The highest BCUT2D eigenvalue weighted by molar-refractivity contribution is 5.27. The molecule has 1 aromatic carbocycles. The molecule has 0 aliphatic heterocycles. The number of ether oxygens (including phenoxy) is 1. The van der Waals surface area contributed by atoms with Crippen LogP contribution in [0.2, 0.25) is 0 Å². The van der Waals surface area contributed by atoms with Crippen molar-refractivity contribution >= 4 is 0 Å². The number of rotatable bonds is 9. The summed E-state index contributed by atoms with van der Waals surface area (Å²) in [5.74, 6) is 0.960. The number of nitrogens with one attached hydrogen (secondary N) is 1. The summed E-state index contributed by atoms with van der Waals surface area (Å²) in [6.45, 7) is 4.70. The molecule has 0 unspecified atom stereocenters. The fourth-order valence-corrected chi connectivity index (χ4v) is 2.16. The van der Waals surface area contributed by atoms with Crippen molar-refractivity contribution < 1.29 is 4.74 Å². The SMILES string of the molecule is CCCCCOc1ccc(CNCc2cnn(C)c2)cc1. The lowest BCUT2D eigenvalue weighted by atomic mass is 10.2. The molecule has 4 nitrogen and oxygen atoms in total. The molecular weight excluding hydrogens is 262 g/mol. The Balaban J connectivity index is 1.69. The van der Waals surface area contributed by atoms with Gasteiger partial charge >= 0.3 is 0 Å². The lowest BCUT2D eigenvalue weighted by molar-refractivity contribution is 0.306. The maximum absolute atomic E-state index is 5.71. The van der Waals surface area contributed by atoms with Crippen LogP contribution < -0.4 is 10.1 Å². The zero-order valence-electron chi connectivity index (χ0n) is 13.0. The van der Waals surface area contributed by atoms with Gasteiger partial charge in [0.1, 0.15) is 5.75 Å². The third kappa shape index (κ3) is 5.60. The molecule has 1 aromatic heterocycles. The van der Waals surface area contributed by atoms with Crippen LogP contribution in [-0.4, -0.2) is 16.4 Å². The molecule has 2 aromatic rings. The van der Waals surface area contributed by atoms with Crippen LogP contribution in [0.25, 0.3) is 0 Å². The molecule has 0 atom stereocenters. The van der Waals surface area contributed by atoms with Gasteiger partial charge in [-0.05, 0) is 24.1 Å². The summed E-state index contributed by atoms with van der Waals surface area (Å²) in [7, 11) is 1.93. The standard InChI is InChI=1S/C17H25N3O/c1-3-4-5-10-21-17-8-6-15(7-9-17)11-18-12-16-13-19-20(2)14-16/h6-9,13-14,18H,3-5,10-12H2,1-2H3. The molecule has 0 aliphatic rings. The van der Waals surface area contributed by atoms with Crippen LogP contribution in [0.4, 0.5) is 0 Å². The van der Waals surface area contributed by atoms with Gasteiger partial charge in [0.2, 0.25) is 0 Å². The molecule has 114 valence electrons. The quantitative estimate of drug-likeness (QED) is 0.719. The van der Waals surface area contributed by atoms with Crippen molar-refractivity contribution in [2.45, 2.75) is 39.3 Å². The fraction of sp³-hybridized carbons (Fsp3) is 0.471. The van der Waals surface area contributed by atoms with Gasteiger partial charge in [0, 0.05) is 31.9 Å². The summed E-state index contributed by atoms with van der Waals surface area (Å²) < 4.78 is 7.53. The zero-order chi connectivity index (χ0) is 14.9. The lowest BCUT2D eigenvalue weighted by Gasteiger charge is -2.07. The molecular formula is C17H25N3O. The van der Waals surface area contributed by atoms with E-state index in [1.165, 1.54) is 24.0 Å². The topological polar surface area (TPSA) is 39.1 Å². The first kappa shape index (κ1) is 15.6. The molecule has 0 saturated carbocycles. The van der Waals surface area contributed by atoms with Crippen molar-refractivity contribution in [2.24, 2.45) is 7.05 Å². The number of aromatic nitrogens is 2. The summed E-state index contributed by atoms with van der Waals surface area (Å²) in [6.07, 6.45) is 7.51. The minimum absolute atomic E-state index is 0.812. The summed E-state index contributed by atoms with van der Waals surface area (Å²) in [5.41, 5.74) is 2.47. The molecule has 21 heavy (non-hydrogen) atoms. The second-order valence-corrected chi connectivity index (χ2v) is 5.33. The van der Waals surface area contributed by atoms with E-state index in [9.17, 15) is 0 Å². The van der Waals surface area contributed by atoms with Crippen molar-refractivity contribution in [2.75, 3.05) is 6.61 Å². The normalized spacial score (nSPS) is 10.8. The van der Waals surface area contributed by atoms with Crippen molar-refractivity contribution in [3.8, 4) is 5.75 Å². The number of unbranched alkanes of at least 4 members (excludes halogenated alkanes) is 2. The largest absolute Gasteiger partial charge is 0.494 e. The summed E-state index contributed by atoms with van der Waals surface area (Å²) in [6, 6.07) is 8.33. The number of benzene rings is 1. The first-order chi connectivity index (χ1) is 10.3. The van der Waals surface area contributed by atoms with E-state index in [1.54, 1.807) is 0 Å². The Hall–Kier alpha value is -1.81. The highest BCUT2D eigenvalue weighted by atomic mass is 16.5. The van der Waals surface area contributed by atoms with E-state index in [0.717, 1.165) is 31.9 Å². The van der Waals surface area contributed by atoms with E-state index in [-0.39, 0.29) is 0 Å². The van der Waals surface area contributed by atoms with E-state index in [2.05, 4.69) is 29.5 Å². The van der Waals surface area contributed by atoms with Crippen molar-refractivity contribution in [1.82, 2.24) is 15.1 Å². The van der Waals surface area contributed by atoms with Gasteiger partial charge in [-0.2, -0.15) is 5.10 Å². The van der Waals surface area contributed by atoms with Crippen LogP contribution in [0.1, 0.15) is 37.3 Å². The van der Waals surface area contributed by atoms with Crippen LogP contribution >= 0.6 is 0 Å². The molecule has 1 N–H and O–H groups in total. The number of hydrogen-bond donors (Lipinski definition) is 1. The number of nitrogens with zero attached hydrogens (tertiary/aromatic N) is 2. The van der Waals surface area contributed by atoms with E-state index in [0.29, 0.717) is 0 Å². The average molecular weight is 287 g/mol. The highest BCUT2D eigenvalue weighted by Crippen LogP contribution is 2.13.